The van der Waals surface area contributed by atoms with Crippen molar-refractivity contribution in [3.8, 4) is 0 Å². The zero-order valence-electron chi connectivity index (χ0n) is 11.3. The van der Waals surface area contributed by atoms with Crippen LogP contribution in [0.2, 0.25) is 5.02 Å². The minimum Gasteiger partial charge on any atom is -0.394 e. The van der Waals surface area contributed by atoms with E-state index in [4.69, 9.17) is 11.6 Å². The molecule has 1 aromatic rings. The van der Waals surface area contributed by atoms with Crippen molar-refractivity contribution in [2.75, 3.05) is 6.61 Å². The molecule has 1 aliphatic rings. The summed E-state index contributed by atoms with van der Waals surface area (Å²) in [5, 5.41) is 9.76. The molecule has 1 heterocycles. The Labute approximate surface area is 124 Å². The van der Waals surface area contributed by atoms with Crippen LogP contribution in [0.1, 0.15) is 32.6 Å². The summed E-state index contributed by atoms with van der Waals surface area (Å²) in [6.07, 6.45) is 5.70. The maximum absolute atomic E-state index is 12.4. The molecule has 7 heteroatoms. The molecule has 1 aliphatic carbocycles. The molecule has 0 spiro atoms. The molecule has 20 heavy (non-hydrogen) atoms. The molecule has 5 nitrogen and oxygen atoms in total. The van der Waals surface area contributed by atoms with Gasteiger partial charge in [0.1, 0.15) is 4.90 Å². The number of nitrogens with one attached hydrogen (secondary N) is 1. The van der Waals surface area contributed by atoms with E-state index >= 15 is 0 Å². The number of aromatic nitrogens is 1. The predicted molar refractivity (Wildman–Crippen MR) is 77.0 cm³/mol. The van der Waals surface area contributed by atoms with Crippen LogP contribution in [0.4, 0.5) is 0 Å². The number of aliphatic hydroxyl groups is 1. The minimum absolute atomic E-state index is 0.0480. The highest BCUT2D eigenvalue weighted by Crippen LogP contribution is 2.33. The largest absolute Gasteiger partial charge is 0.394 e. The van der Waals surface area contributed by atoms with Gasteiger partial charge >= 0.3 is 0 Å². The highest BCUT2D eigenvalue weighted by Gasteiger charge is 2.38. The van der Waals surface area contributed by atoms with Gasteiger partial charge in [-0.3, -0.25) is 4.98 Å². The average molecular weight is 319 g/mol. The van der Waals surface area contributed by atoms with E-state index in [1.807, 2.05) is 0 Å². The summed E-state index contributed by atoms with van der Waals surface area (Å²) < 4.78 is 27.5. The number of pyridine rings is 1. The topological polar surface area (TPSA) is 79.3 Å². The Morgan fingerprint density at radius 2 is 2.15 bits per heavy atom. The van der Waals surface area contributed by atoms with Crippen LogP contribution >= 0.6 is 11.6 Å². The number of hydrogen-bond acceptors (Lipinski definition) is 4. The van der Waals surface area contributed by atoms with Gasteiger partial charge in [-0.25, -0.2) is 13.1 Å². The number of rotatable bonds is 4. The Kier molecular flexibility index (Phi) is 4.69. The second-order valence-electron chi connectivity index (χ2n) is 5.53. The van der Waals surface area contributed by atoms with Crippen LogP contribution in [0.25, 0.3) is 0 Å². The van der Waals surface area contributed by atoms with Crippen LogP contribution < -0.4 is 4.72 Å². The van der Waals surface area contributed by atoms with Crippen LogP contribution in [0.5, 0.6) is 0 Å². The molecule has 0 bridgehead atoms. The first-order valence-electron chi connectivity index (χ1n) is 6.63. The molecule has 0 amide bonds. The van der Waals surface area contributed by atoms with E-state index in [-0.39, 0.29) is 16.5 Å². The van der Waals surface area contributed by atoms with E-state index in [0.717, 1.165) is 12.8 Å². The van der Waals surface area contributed by atoms with Crippen LogP contribution in [-0.2, 0) is 10.0 Å². The van der Waals surface area contributed by atoms with Crippen LogP contribution in [0.15, 0.2) is 23.4 Å². The third-order valence-corrected chi connectivity index (χ3v) is 5.96. The molecule has 0 aromatic carbocycles. The first-order valence-corrected chi connectivity index (χ1v) is 8.49. The smallest absolute Gasteiger partial charge is 0.244 e. The monoisotopic (exact) mass is 318 g/mol. The Hall–Kier alpha value is -0.690. The fourth-order valence-electron chi connectivity index (χ4n) is 2.51. The zero-order valence-corrected chi connectivity index (χ0v) is 12.9. The molecule has 2 N–H and O–H groups in total. The Balaban J connectivity index is 2.25. The number of hydrogen-bond donors (Lipinski definition) is 2. The van der Waals surface area contributed by atoms with Crippen molar-refractivity contribution >= 4 is 21.6 Å². The molecular weight excluding hydrogens is 300 g/mol. The third-order valence-electron chi connectivity index (χ3n) is 3.91. The molecule has 1 fully saturated rings. The van der Waals surface area contributed by atoms with Gasteiger partial charge in [-0.05, 0) is 37.7 Å². The maximum atomic E-state index is 12.4. The summed E-state index contributed by atoms with van der Waals surface area (Å²) in [5.74, 6) is 0.557. The van der Waals surface area contributed by atoms with Crippen LogP contribution in [0, 0.1) is 5.92 Å². The number of halogens is 1. The fraction of sp³-hybridized carbons (Fsp3) is 0.615. The summed E-state index contributed by atoms with van der Waals surface area (Å²) in [6, 6.07) is 1.44. The van der Waals surface area contributed by atoms with Gasteiger partial charge in [0.25, 0.3) is 0 Å². The summed E-state index contributed by atoms with van der Waals surface area (Å²) in [7, 11) is -3.78. The molecule has 0 unspecified atom stereocenters. The predicted octanol–water partition coefficient (Wildman–Crippen LogP) is 1.95. The van der Waals surface area contributed by atoms with Gasteiger partial charge in [-0.2, -0.15) is 0 Å². The molecule has 0 atom stereocenters. The van der Waals surface area contributed by atoms with Crippen molar-refractivity contribution in [1.82, 2.24) is 9.71 Å². The van der Waals surface area contributed by atoms with E-state index in [9.17, 15) is 13.5 Å². The highest BCUT2D eigenvalue weighted by atomic mass is 35.5. The van der Waals surface area contributed by atoms with Gasteiger partial charge in [0, 0.05) is 12.4 Å². The van der Waals surface area contributed by atoms with Gasteiger partial charge < -0.3 is 5.11 Å². The van der Waals surface area contributed by atoms with Crippen LogP contribution in [-0.4, -0.2) is 30.7 Å². The lowest BCUT2D eigenvalue weighted by atomic mass is 9.78. The molecular formula is C13H19ClN2O3S. The van der Waals surface area contributed by atoms with Crippen LogP contribution in [0.3, 0.4) is 0 Å². The average Bonchev–Trinajstić information content (AvgIpc) is 2.42. The molecule has 2 rings (SSSR count). The SMILES string of the molecule is CC1CCC(CO)(NS(=O)(=O)c2cnccc2Cl)CC1. The lowest BCUT2D eigenvalue weighted by molar-refractivity contribution is 0.125. The molecule has 0 saturated heterocycles. The van der Waals surface area contributed by atoms with E-state index in [1.165, 1.54) is 18.5 Å². The molecule has 0 radical (unpaired) electrons. The van der Waals surface area contributed by atoms with Crippen molar-refractivity contribution < 1.29 is 13.5 Å². The van der Waals surface area contributed by atoms with E-state index in [2.05, 4.69) is 16.6 Å². The summed E-state index contributed by atoms with van der Waals surface area (Å²) in [4.78, 5) is 3.75. The number of sulfonamides is 1. The van der Waals surface area contributed by atoms with Gasteiger partial charge in [-0.1, -0.05) is 18.5 Å². The summed E-state index contributed by atoms with van der Waals surface area (Å²) >= 11 is 5.92. The standard InChI is InChI=1S/C13H19ClN2O3S/c1-10-2-5-13(9-17,6-3-10)16-20(18,19)12-8-15-7-4-11(12)14/h4,7-8,10,16-17H,2-3,5-6,9H2,1H3. The lowest BCUT2D eigenvalue weighted by Gasteiger charge is -2.38. The van der Waals surface area contributed by atoms with Crippen molar-refractivity contribution in [2.45, 2.75) is 43.0 Å². The first kappa shape index (κ1) is 15.7. The highest BCUT2D eigenvalue weighted by molar-refractivity contribution is 7.89. The first-order chi connectivity index (χ1) is 9.38. The van der Waals surface area contributed by atoms with Gasteiger partial charge in [0.05, 0.1) is 17.2 Å². The summed E-state index contributed by atoms with van der Waals surface area (Å²) in [5.41, 5.74) is -0.787. The molecule has 0 aliphatic heterocycles. The van der Waals surface area contributed by atoms with Gasteiger partial charge in [0.2, 0.25) is 10.0 Å². The lowest BCUT2D eigenvalue weighted by Crippen LogP contribution is -2.53. The van der Waals surface area contributed by atoms with Crippen molar-refractivity contribution in [1.29, 1.82) is 0 Å². The summed E-state index contributed by atoms with van der Waals surface area (Å²) in [6.45, 7) is 1.92. The van der Waals surface area contributed by atoms with Gasteiger partial charge in [-0.15, -0.1) is 0 Å². The molecule has 1 aromatic heterocycles. The van der Waals surface area contributed by atoms with E-state index in [0.29, 0.717) is 18.8 Å². The fourth-order valence-corrected chi connectivity index (χ4v) is 4.39. The Morgan fingerprint density at radius 1 is 1.50 bits per heavy atom. The molecule has 1 saturated carbocycles. The number of nitrogens with zero attached hydrogens (tertiary/aromatic N) is 1. The van der Waals surface area contributed by atoms with Crippen molar-refractivity contribution in [2.24, 2.45) is 5.92 Å². The van der Waals surface area contributed by atoms with Crippen molar-refractivity contribution in [3.05, 3.63) is 23.5 Å². The van der Waals surface area contributed by atoms with E-state index in [1.54, 1.807) is 0 Å². The molecule has 112 valence electrons. The van der Waals surface area contributed by atoms with Crippen molar-refractivity contribution in [3.63, 3.8) is 0 Å². The Morgan fingerprint density at radius 3 is 2.70 bits per heavy atom. The minimum atomic E-state index is -3.78. The second kappa shape index (κ2) is 5.97. The normalized spacial score (nSPS) is 27.4. The second-order valence-corrected chi connectivity index (χ2v) is 7.59. The third kappa shape index (κ3) is 3.31. The quantitative estimate of drug-likeness (QED) is 0.889. The number of aliphatic hydroxyl groups excluding tert-OH is 1. The van der Waals surface area contributed by atoms with E-state index < -0.39 is 15.6 Å². The zero-order chi connectivity index (χ0) is 14.8. The maximum Gasteiger partial charge on any atom is 0.244 e. The van der Waals surface area contributed by atoms with Gasteiger partial charge in [0.15, 0.2) is 0 Å². The Bertz CT molecular complexity index is 569.